The quantitative estimate of drug-likeness (QED) is 0.280. The fourth-order valence-corrected chi connectivity index (χ4v) is 3.51. The van der Waals surface area contributed by atoms with Crippen LogP contribution in [0.2, 0.25) is 0 Å². The molecule has 0 bridgehead atoms. The highest BCUT2D eigenvalue weighted by atomic mass is 127. The number of likely N-dealkylation sites (N-methyl/N-ethyl adjacent to an activating group) is 1. The highest BCUT2D eigenvalue weighted by molar-refractivity contribution is 14.0. The summed E-state index contributed by atoms with van der Waals surface area (Å²) in [6.45, 7) is 11.1. The van der Waals surface area contributed by atoms with Crippen molar-refractivity contribution in [3.05, 3.63) is 53.6 Å². The Morgan fingerprint density at radius 1 is 0.969 bits per heavy atom. The molecule has 1 aliphatic rings. The number of aliphatic imine (C=N–C) groups is 1. The van der Waals surface area contributed by atoms with E-state index in [-0.39, 0.29) is 24.0 Å². The van der Waals surface area contributed by atoms with Gasteiger partial charge in [-0.05, 0) is 44.2 Å². The first-order valence-electron chi connectivity index (χ1n) is 11.0. The summed E-state index contributed by atoms with van der Waals surface area (Å²) in [7, 11) is 2.18. The molecule has 176 valence electrons. The predicted octanol–water partition coefficient (Wildman–Crippen LogP) is 3.78. The average Bonchev–Trinajstić information content (AvgIpc) is 2.77. The summed E-state index contributed by atoms with van der Waals surface area (Å²) in [6, 6.07) is 14.3. The largest absolute Gasteiger partial charge is 0.494 e. The van der Waals surface area contributed by atoms with Gasteiger partial charge in [0.15, 0.2) is 5.96 Å². The van der Waals surface area contributed by atoms with Gasteiger partial charge in [-0.25, -0.2) is 4.99 Å². The Morgan fingerprint density at radius 2 is 1.62 bits per heavy atom. The highest BCUT2D eigenvalue weighted by Crippen LogP contribution is 2.29. The van der Waals surface area contributed by atoms with Gasteiger partial charge in [0.2, 0.25) is 0 Å². The molecule has 3 rings (SSSR count). The fraction of sp³-hybridized carbons (Fsp3) is 0.458. The van der Waals surface area contributed by atoms with Crippen molar-refractivity contribution in [3.8, 4) is 11.5 Å². The first-order chi connectivity index (χ1) is 15.1. The van der Waals surface area contributed by atoms with Gasteiger partial charge in [-0.15, -0.1) is 24.0 Å². The topological polar surface area (TPSA) is 75.3 Å². The number of nitrogens with one attached hydrogen (secondary N) is 1. The first kappa shape index (κ1) is 26.2. The molecule has 8 heteroatoms. The van der Waals surface area contributed by atoms with Crippen molar-refractivity contribution in [1.29, 1.82) is 0 Å². The molecule has 0 atom stereocenters. The van der Waals surface area contributed by atoms with Crippen LogP contribution in [0, 0.1) is 0 Å². The zero-order valence-corrected chi connectivity index (χ0v) is 21.7. The summed E-state index contributed by atoms with van der Waals surface area (Å²) in [5.74, 6) is 1.82. The fourth-order valence-electron chi connectivity index (χ4n) is 3.51. The van der Waals surface area contributed by atoms with Crippen LogP contribution < -0.4 is 20.5 Å². The van der Waals surface area contributed by atoms with Crippen LogP contribution in [0.25, 0.3) is 0 Å². The Hall–Kier alpha value is -2.04. The van der Waals surface area contributed by atoms with Gasteiger partial charge in [0, 0.05) is 38.8 Å². The first-order valence-corrected chi connectivity index (χ1v) is 11.0. The van der Waals surface area contributed by atoms with Gasteiger partial charge in [0.25, 0.3) is 0 Å². The maximum Gasteiger partial charge on any atom is 0.193 e. The molecule has 1 aliphatic heterocycles. The lowest BCUT2D eigenvalue weighted by molar-refractivity contribution is 0.148. The van der Waals surface area contributed by atoms with Crippen LogP contribution in [0.1, 0.15) is 25.0 Å². The summed E-state index contributed by atoms with van der Waals surface area (Å²) in [6.07, 6.45) is 0. The van der Waals surface area contributed by atoms with Gasteiger partial charge in [-0.2, -0.15) is 0 Å². The van der Waals surface area contributed by atoms with Crippen LogP contribution in [0.5, 0.6) is 11.5 Å². The molecule has 2 aromatic rings. The number of nitrogens with zero attached hydrogens (tertiary/aromatic N) is 3. The SMILES string of the molecule is CCOc1ccc(OCC)c(NC(N)=NCc2ccc(CN3CCN(C)CC3)cc2)c1.I. The number of benzene rings is 2. The van der Waals surface area contributed by atoms with Gasteiger partial charge in [0.05, 0.1) is 25.4 Å². The molecule has 1 heterocycles. The molecule has 0 spiro atoms. The predicted molar refractivity (Wildman–Crippen MR) is 142 cm³/mol. The van der Waals surface area contributed by atoms with E-state index >= 15 is 0 Å². The minimum atomic E-state index is 0. The summed E-state index contributed by atoms with van der Waals surface area (Å²) in [4.78, 5) is 9.37. The number of rotatable bonds is 9. The van der Waals surface area contributed by atoms with Crippen LogP contribution in [0.15, 0.2) is 47.5 Å². The van der Waals surface area contributed by atoms with Crippen LogP contribution in [-0.4, -0.2) is 62.2 Å². The molecule has 0 aromatic heterocycles. The Kier molecular flexibility index (Phi) is 11.1. The Balaban J connectivity index is 0.00000363. The molecule has 0 amide bonds. The van der Waals surface area contributed by atoms with E-state index in [1.54, 1.807) is 0 Å². The number of nitrogens with two attached hydrogens (primary N) is 1. The second-order valence-electron chi connectivity index (χ2n) is 7.75. The molecule has 1 saturated heterocycles. The smallest absolute Gasteiger partial charge is 0.193 e. The van der Waals surface area contributed by atoms with E-state index in [1.807, 2.05) is 32.0 Å². The third-order valence-corrected chi connectivity index (χ3v) is 5.28. The number of anilines is 1. The number of guanidine groups is 1. The molecule has 0 radical (unpaired) electrons. The summed E-state index contributed by atoms with van der Waals surface area (Å²) in [5.41, 5.74) is 9.34. The Labute approximate surface area is 209 Å². The van der Waals surface area contributed by atoms with E-state index in [9.17, 15) is 0 Å². The Bertz CT molecular complexity index is 852. The lowest BCUT2D eigenvalue weighted by Gasteiger charge is -2.32. The lowest BCUT2D eigenvalue weighted by atomic mass is 10.1. The van der Waals surface area contributed by atoms with Crippen molar-refractivity contribution < 1.29 is 9.47 Å². The van der Waals surface area contributed by atoms with Gasteiger partial charge in [-0.1, -0.05) is 24.3 Å². The molecule has 32 heavy (non-hydrogen) atoms. The van der Waals surface area contributed by atoms with E-state index in [1.165, 1.54) is 5.56 Å². The molecule has 2 aromatic carbocycles. The molecule has 0 aliphatic carbocycles. The van der Waals surface area contributed by atoms with Gasteiger partial charge in [-0.3, -0.25) is 4.90 Å². The van der Waals surface area contributed by atoms with Gasteiger partial charge in [0.1, 0.15) is 11.5 Å². The van der Waals surface area contributed by atoms with Crippen molar-refractivity contribution in [2.24, 2.45) is 10.7 Å². The maximum absolute atomic E-state index is 6.14. The van der Waals surface area contributed by atoms with E-state index in [0.717, 1.165) is 55.5 Å². The number of ether oxygens (including phenoxy) is 2. The van der Waals surface area contributed by atoms with Crippen LogP contribution in [0.3, 0.4) is 0 Å². The normalized spacial score (nSPS) is 15.2. The number of halogens is 1. The second-order valence-corrected chi connectivity index (χ2v) is 7.75. The summed E-state index contributed by atoms with van der Waals surface area (Å²) in [5, 5.41) is 3.15. The molecule has 3 N–H and O–H groups in total. The molecular formula is C24H36IN5O2. The third kappa shape index (κ3) is 8.14. The van der Waals surface area contributed by atoms with Gasteiger partial charge >= 0.3 is 0 Å². The lowest BCUT2D eigenvalue weighted by Crippen LogP contribution is -2.43. The monoisotopic (exact) mass is 553 g/mol. The third-order valence-electron chi connectivity index (χ3n) is 5.28. The minimum absolute atomic E-state index is 0. The van der Waals surface area contributed by atoms with Gasteiger partial charge < -0.3 is 25.4 Å². The van der Waals surface area contributed by atoms with Crippen LogP contribution in [0.4, 0.5) is 5.69 Å². The molecule has 1 fully saturated rings. The van der Waals surface area contributed by atoms with E-state index < -0.39 is 0 Å². The molecule has 7 nitrogen and oxygen atoms in total. The molecular weight excluding hydrogens is 517 g/mol. The van der Waals surface area contributed by atoms with E-state index in [2.05, 4.69) is 51.4 Å². The average molecular weight is 553 g/mol. The summed E-state index contributed by atoms with van der Waals surface area (Å²) < 4.78 is 11.3. The molecule has 0 saturated carbocycles. The zero-order valence-electron chi connectivity index (χ0n) is 19.3. The van der Waals surface area contributed by atoms with Crippen LogP contribution in [-0.2, 0) is 13.1 Å². The minimum Gasteiger partial charge on any atom is -0.494 e. The highest BCUT2D eigenvalue weighted by Gasteiger charge is 2.13. The number of hydrogen-bond donors (Lipinski definition) is 2. The van der Waals surface area contributed by atoms with E-state index in [4.69, 9.17) is 15.2 Å². The second kappa shape index (κ2) is 13.5. The number of hydrogen-bond acceptors (Lipinski definition) is 5. The standard InChI is InChI=1S/C24H35N5O2.HI/c1-4-30-21-10-11-23(31-5-2)22(16-21)27-24(25)26-17-19-6-8-20(9-7-19)18-29-14-12-28(3)13-15-29;/h6-11,16H,4-5,12-15,17-18H2,1-3H3,(H3,25,26,27);1H. The van der Waals surface area contributed by atoms with Crippen molar-refractivity contribution >= 4 is 35.6 Å². The van der Waals surface area contributed by atoms with Crippen molar-refractivity contribution in [2.45, 2.75) is 26.9 Å². The molecule has 0 unspecified atom stereocenters. The van der Waals surface area contributed by atoms with Crippen molar-refractivity contribution in [1.82, 2.24) is 9.80 Å². The zero-order chi connectivity index (χ0) is 22.1. The summed E-state index contributed by atoms with van der Waals surface area (Å²) >= 11 is 0. The maximum atomic E-state index is 6.14. The van der Waals surface area contributed by atoms with Crippen molar-refractivity contribution in [2.75, 3.05) is 51.8 Å². The van der Waals surface area contributed by atoms with Crippen molar-refractivity contribution in [3.63, 3.8) is 0 Å². The Morgan fingerprint density at radius 3 is 2.28 bits per heavy atom. The van der Waals surface area contributed by atoms with E-state index in [0.29, 0.717) is 25.7 Å². The van der Waals surface area contributed by atoms with Crippen LogP contribution >= 0.6 is 24.0 Å². The number of piperazine rings is 1.